The van der Waals surface area contributed by atoms with E-state index in [9.17, 15) is 14.4 Å². The molecule has 0 aromatic heterocycles. The lowest BCUT2D eigenvalue weighted by atomic mass is 10.1. The molecule has 2 saturated heterocycles. The Morgan fingerprint density at radius 3 is 2.36 bits per heavy atom. The third-order valence-electron chi connectivity index (χ3n) is 6.13. The topological polar surface area (TPSA) is 65.4 Å². The number of rotatable bonds is 6. The highest BCUT2D eigenvalue weighted by Crippen LogP contribution is 2.27. The number of anilines is 1. The van der Waals surface area contributed by atoms with Crippen LogP contribution in [-0.2, 0) is 16.1 Å². The highest BCUT2D eigenvalue weighted by molar-refractivity contribution is 6.44. The van der Waals surface area contributed by atoms with Crippen LogP contribution >= 0.6 is 0 Å². The number of para-hydroxylation sites is 1. The van der Waals surface area contributed by atoms with E-state index in [1.165, 1.54) is 29.0 Å². The van der Waals surface area contributed by atoms with E-state index in [4.69, 9.17) is 0 Å². The van der Waals surface area contributed by atoms with Gasteiger partial charge in [-0.3, -0.25) is 14.5 Å². The number of nitrogens with one attached hydrogen (secondary N) is 1. The highest BCUT2D eigenvalue weighted by atomic mass is 16.2. The van der Waals surface area contributed by atoms with Gasteiger partial charge in [-0.15, -0.1) is 0 Å². The second kappa shape index (κ2) is 7.91. The molecule has 1 aromatic carbocycles. The van der Waals surface area contributed by atoms with E-state index in [0.717, 1.165) is 48.6 Å². The Morgan fingerprint density at radius 2 is 1.64 bits per heavy atom. The third kappa shape index (κ3) is 3.51. The number of imide groups is 2. The molecule has 7 heteroatoms. The predicted octanol–water partition coefficient (Wildman–Crippen LogP) is 0.992. The lowest BCUT2D eigenvalue weighted by Gasteiger charge is -2.25. The van der Waals surface area contributed by atoms with Crippen molar-refractivity contribution in [1.29, 1.82) is 0 Å². The molecule has 0 bridgehead atoms. The maximum atomic E-state index is 12.8. The Kier molecular flexibility index (Phi) is 5.35. The van der Waals surface area contributed by atoms with Crippen molar-refractivity contribution in [3.05, 3.63) is 29.8 Å². The van der Waals surface area contributed by atoms with Gasteiger partial charge in [-0.05, 0) is 31.7 Å². The second-order valence-electron chi connectivity index (χ2n) is 8.24. The highest BCUT2D eigenvalue weighted by Gasteiger charge is 2.49. The van der Waals surface area contributed by atoms with Gasteiger partial charge in [0.05, 0.1) is 7.05 Å². The standard InChI is InChI=1S/C21H28N4O3/c1-22(14-16-8-2-5-11-18(16)23-12-6-7-13-23)15-24-19(26)20(27)25(21(24)28)17-9-3-4-10-17/h2,5,8,11,17H,3-4,6-7,9-10,12-15H2,1H3/p+1. The summed E-state index contributed by atoms with van der Waals surface area (Å²) in [5.41, 5.74) is 2.45. The van der Waals surface area contributed by atoms with E-state index >= 15 is 0 Å². The van der Waals surface area contributed by atoms with Crippen LogP contribution in [-0.4, -0.2) is 60.5 Å². The maximum absolute atomic E-state index is 12.8. The molecule has 1 aliphatic carbocycles. The summed E-state index contributed by atoms with van der Waals surface area (Å²) < 4.78 is 0. The van der Waals surface area contributed by atoms with E-state index in [0.29, 0.717) is 6.54 Å². The van der Waals surface area contributed by atoms with Crippen molar-refractivity contribution < 1.29 is 19.3 Å². The Hall–Kier alpha value is -2.41. The van der Waals surface area contributed by atoms with Crippen molar-refractivity contribution in [3.8, 4) is 0 Å². The Morgan fingerprint density at radius 1 is 0.964 bits per heavy atom. The molecule has 2 heterocycles. The molecule has 0 spiro atoms. The number of quaternary nitrogens is 1. The molecular formula is C21H29N4O3+. The van der Waals surface area contributed by atoms with Crippen LogP contribution in [0.25, 0.3) is 0 Å². The van der Waals surface area contributed by atoms with Crippen molar-refractivity contribution in [2.75, 3.05) is 31.7 Å². The first-order valence-electron chi connectivity index (χ1n) is 10.4. The van der Waals surface area contributed by atoms with Gasteiger partial charge in [-0.1, -0.05) is 31.0 Å². The van der Waals surface area contributed by atoms with Crippen LogP contribution in [0.1, 0.15) is 44.1 Å². The van der Waals surface area contributed by atoms with E-state index in [1.807, 2.05) is 13.1 Å². The summed E-state index contributed by atoms with van der Waals surface area (Å²) in [6, 6.07) is 7.79. The Bertz CT molecular complexity index is 769. The average Bonchev–Trinajstić information content (AvgIpc) is 3.43. The summed E-state index contributed by atoms with van der Waals surface area (Å²) in [4.78, 5) is 43.3. The summed E-state index contributed by atoms with van der Waals surface area (Å²) in [6.07, 6.45) is 6.07. The van der Waals surface area contributed by atoms with E-state index in [-0.39, 0.29) is 12.7 Å². The monoisotopic (exact) mass is 385 g/mol. The van der Waals surface area contributed by atoms with Crippen molar-refractivity contribution in [1.82, 2.24) is 9.80 Å². The van der Waals surface area contributed by atoms with Crippen molar-refractivity contribution in [2.24, 2.45) is 0 Å². The molecule has 2 aliphatic heterocycles. The predicted molar refractivity (Wildman–Crippen MR) is 105 cm³/mol. The van der Waals surface area contributed by atoms with Crippen LogP contribution in [0, 0.1) is 0 Å². The molecule has 7 nitrogen and oxygen atoms in total. The van der Waals surface area contributed by atoms with Gasteiger partial charge >= 0.3 is 17.8 Å². The number of benzene rings is 1. The molecule has 1 aromatic rings. The lowest BCUT2D eigenvalue weighted by Crippen LogP contribution is -3.09. The number of carbonyl (C=O) groups is 3. The minimum atomic E-state index is -0.677. The molecular weight excluding hydrogens is 356 g/mol. The number of carbonyl (C=O) groups excluding carboxylic acids is 3. The second-order valence-corrected chi connectivity index (χ2v) is 8.24. The van der Waals surface area contributed by atoms with Gasteiger partial charge in [0.15, 0.2) is 6.67 Å². The van der Waals surface area contributed by atoms with Gasteiger partial charge in [0.2, 0.25) is 0 Å². The number of nitrogens with zero attached hydrogens (tertiary/aromatic N) is 3. The quantitative estimate of drug-likeness (QED) is 0.586. The summed E-state index contributed by atoms with van der Waals surface area (Å²) in [5, 5.41) is 0. The fourth-order valence-corrected chi connectivity index (χ4v) is 4.72. The summed E-state index contributed by atoms with van der Waals surface area (Å²) in [5.74, 6) is -1.33. The average molecular weight is 385 g/mol. The molecule has 4 rings (SSSR count). The molecule has 4 amide bonds. The van der Waals surface area contributed by atoms with Crippen molar-refractivity contribution >= 4 is 23.5 Å². The molecule has 0 radical (unpaired) electrons. The van der Waals surface area contributed by atoms with Gasteiger partial charge < -0.3 is 9.80 Å². The molecule has 3 aliphatic rings. The SMILES string of the molecule is C[NH+](Cc1ccccc1N1CCCC1)CN1C(=O)C(=O)N(C2CCCC2)C1=O. The smallest absolute Gasteiger partial charge is 0.338 e. The molecule has 3 fully saturated rings. The van der Waals surface area contributed by atoms with E-state index in [1.54, 1.807) is 0 Å². The molecule has 1 saturated carbocycles. The molecule has 28 heavy (non-hydrogen) atoms. The fourth-order valence-electron chi connectivity index (χ4n) is 4.72. The fraction of sp³-hybridized carbons (Fsp3) is 0.571. The Balaban J connectivity index is 1.44. The van der Waals surface area contributed by atoms with Crippen molar-refractivity contribution in [2.45, 2.75) is 51.1 Å². The molecule has 1 atom stereocenters. The van der Waals surface area contributed by atoms with Crippen LogP contribution in [0.2, 0.25) is 0 Å². The zero-order chi connectivity index (χ0) is 19.7. The Labute approximate surface area is 165 Å². The zero-order valence-corrected chi connectivity index (χ0v) is 16.5. The van der Waals surface area contributed by atoms with Gasteiger partial charge in [-0.2, -0.15) is 0 Å². The number of hydrogen-bond acceptors (Lipinski definition) is 4. The van der Waals surface area contributed by atoms with Crippen LogP contribution in [0.3, 0.4) is 0 Å². The minimum absolute atomic E-state index is 0.106. The van der Waals surface area contributed by atoms with Crippen LogP contribution in [0.4, 0.5) is 10.5 Å². The van der Waals surface area contributed by atoms with Gasteiger partial charge in [0.1, 0.15) is 6.54 Å². The largest absolute Gasteiger partial charge is 0.371 e. The lowest BCUT2D eigenvalue weighted by molar-refractivity contribution is -0.901. The van der Waals surface area contributed by atoms with Gasteiger partial charge in [0.25, 0.3) is 0 Å². The van der Waals surface area contributed by atoms with Crippen molar-refractivity contribution in [3.63, 3.8) is 0 Å². The normalized spacial score (nSPS) is 22.0. The minimum Gasteiger partial charge on any atom is -0.371 e. The summed E-state index contributed by atoms with van der Waals surface area (Å²) in [7, 11) is 1.96. The van der Waals surface area contributed by atoms with E-state index < -0.39 is 17.8 Å². The number of urea groups is 1. The van der Waals surface area contributed by atoms with Gasteiger partial charge in [-0.25, -0.2) is 9.69 Å². The first kappa shape index (κ1) is 18.9. The first-order chi connectivity index (χ1) is 13.6. The van der Waals surface area contributed by atoms with Gasteiger partial charge in [0, 0.05) is 30.4 Å². The molecule has 1 N–H and O–H groups in total. The summed E-state index contributed by atoms with van der Waals surface area (Å²) >= 11 is 0. The van der Waals surface area contributed by atoms with Crippen LogP contribution in [0.5, 0.6) is 0 Å². The third-order valence-corrected chi connectivity index (χ3v) is 6.13. The molecule has 150 valence electrons. The number of amides is 4. The maximum Gasteiger partial charge on any atom is 0.338 e. The van der Waals surface area contributed by atoms with Crippen LogP contribution < -0.4 is 9.80 Å². The van der Waals surface area contributed by atoms with E-state index in [2.05, 4.69) is 23.1 Å². The first-order valence-corrected chi connectivity index (χ1v) is 10.4. The van der Waals surface area contributed by atoms with Crippen LogP contribution in [0.15, 0.2) is 24.3 Å². The molecule has 1 unspecified atom stereocenters. The zero-order valence-electron chi connectivity index (χ0n) is 16.5. The number of hydrogen-bond donors (Lipinski definition) is 1. The summed E-state index contributed by atoms with van der Waals surface area (Å²) in [6.45, 7) is 3.05.